The number of nitrogens with zero attached hydrogens (tertiary/aromatic N) is 2. The summed E-state index contributed by atoms with van der Waals surface area (Å²) in [5.41, 5.74) is 0.496. The van der Waals surface area contributed by atoms with Crippen molar-refractivity contribution in [3.63, 3.8) is 0 Å². The van der Waals surface area contributed by atoms with E-state index in [9.17, 15) is 9.18 Å². The predicted octanol–water partition coefficient (Wildman–Crippen LogP) is 1.79. The van der Waals surface area contributed by atoms with Gasteiger partial charge < -0.3 is 5.11 Å². The minimum atomic E-state index is -0.900. The van der Waals surface area contributed by atoms with Gasteiger partial charge in [0.1, 0.15) is 11.6 Å². The van der Waals surface area contributed by atoms with Crippen LogP contribution in [0.15, 0.2) is 24.4 Å². The molecule has 4 nitrogen and oxygen atoms in total. The summed E-state index contributed by atoms with van der Waals surface area (Å²) in [7, 11) is 0. The number of hydrogen-bond donors (Lipinski definition) is 1. The Hall–Kier alpha value is -2.04. The molecule has 0 radical (unpaired) electrons. The molecule has 0 spiro atoms. The van der Waals surface area contributed by atoms with Gasteiger partial charge in [-0.1, -0.05) is 0 Å². The van der Waals surface area contributed by atoms with Gasteiger partial charge in [0.25, 0.3) is 0 Å². The third kappa shape index (κ3) is 2.31. The Morgan fingerprint density at radius 2 is 2.25 bits per heavy atom. The predicted molar refractivity (Wildman–Crippen MR) is 55.5 cm³/mol. The van der Waals surface area contributed by atoms with Gasteiger partial charge in [0.2, 0.25) is 0 Å². The molecule has 0 fully saturated rings. The van der Waals surface area contributed by atoms with E-state index in [1.165, 1.54) is 12.1 Å². The Kier molecular flexibility index (Phi) is 2.76. The fourth-order valence-electron chi connectivity index (χ4n) is 1.37. The lowest BCUT2D eigenvalue weighted by molar-refractivity contribution is -0.137. The monoisotopic (exact) mass is 220 g/mol. The molecule has 82 valence electrons. The number of aryl methyl sites for hydroxylation is 1. The van der Waals surface area contributed by atoms with Gasteiger partial charge in [-0.15, -0.1) is 0 Å². The molecule has 1 aromatic heterocycles. The van der Waals surface area contributed by atoms with Crippen molar-refractivity contribution in [2.45, 2.75) is 12.8 Å². The molecule has 0 aliphatic carbocycles. The number of rotatable bonds is 3. The summed E-state index contributed by atoms with van der Waals surface area (Å²) >= 11 is 0. The van der Waals surface area contributed by atoms with Crippen molar-refractivity contribution >= 4 is 16.9 Å². The van der Waals surface area contributed by atoms with Crippen LogP contribution in [0.25, 0.3) is 10.9 Å². The molecule has 0 atom stereocenters. The summed E-state index contributed by atoms with van der Waals surface area (Å²) in [4.78, 5) is 18.5. The normalized spacial score (nSPS) is 10.6. The van der Waals surface area contributed by atoms with Gasteiger partial charge >= 0.3 is 5.97 Å². The second-order valence-electron chi connectivity index (χ2n) is 3.38. The van der Waals surface area contributed by atoms with Gasteiger partial charge in [0, 0.05) is 24.1 Å². The molecule has 2 aromatic rings. The van der Waals surface area contributed by atoms with Crippen molar-refractivity contribution in [3.05, 3.63) is 36.0 Å². The van der Waals surface area contributed by atoms with Crippen LogP contribution < -0.4 is 0 Å². The topological polar surface area (TPSA) is 63.1 Å². The van der Waals surface area contributed by atoms with Gasteiger partial charge in [-0.2, -0.15) is 0 Å². The van der Waals surface area contributed by atoms with E-state index in [0.29, 0.717) is 11.3 Å². The first-order valence-corrected chi connectivity index (χ1v) is 4.78. The van der Waals surface area contributed by atoms with Crippen LogP contribution in [0.1, 0.15) is 12.2 Å². The Morgan fingerprint density at radius 3 is 3.00 bits per heavy atom. The summed E-state index contributed by atoms with van der Waals surface area (Å²) in [6, 6.07) is 4.23. The van der Waals surface area contributed by atoms with Gasteiger partial charge in [0.15, 0.2) is 0 Å². The number of fused-ring (bicyclic) bond motifs is 1. The molecule has 5 heteroatoms. The maximum absolute atomic E-state index is 12.9. The van der Waals surface area contributed by atoms with Crippen LogP contribution in [0.3, 0.4) is 0 Å². The van der Waals surface area contributed by atoms with Crippen molar-refractivity contribution < 1.29 is 14.3 Å². The average Bonchev–Trinajstić information content (AvgIpc) is 2.25. The molecule has 2 rings (SSSR count). The highest BCUT2D eigenvalue weighted by molar-refractivity contribution is 5.77. The number of hydrogen-bond acceptors (Lipinski definition) is 3. The highest BCUT2D eigenvalue weighted by atomic mass is 19.1. The van der Waals surface area contributed by atoms with Gasteiger partial charge in [0.05, 0.1) is 11.9 Å². The fourth-order valence-corrected chi connectivity index (χ4v) is 1.37. The van der Waals surface area contributed by atoms with E-state index in [0.717, 1.165) is 5.39 Å². The van der Waals surface area contributed by atoms with Crippen LogP contribution in [-0.2, 0) is 11.2 Å². The molecule has 0 aliphatic heterocycles. The molecule has 0 saturated carbocycles. The first-order chi connectivity index (χ1) is 7.65. The number of halogens is 1. The van der Waals surface area contributed by atoms with Crippen LogP contribution >= 0.6 is 0 Å². The second kappa shape index (κ2) is 4.22. The van der Waals surface area contributed by atoms with Crippen LogP contribution in [-0.4, -0.2) is 21.0 Å². The molecule has 16 heavy (non-hydrogen) atoms. The Bertz CT molecular complexity index is 542. The first-order valence-electron chi connectivity index (χ1n) is 4.78. The lowest BCUT2D eigenvalue weighted by atomic mass is 10.2. The number of aromatic nitrogens is 2. The highest BCUT2D eigenvalue weighted by Gasteiger charge is 2.04. The van der Waals surface area contributed by atoms with Crippen LogP contribution in [0.2, 0.25) is 0 Å². The number of carboxylic acids is 1. The Balaban J connectivity index is 2.31. The molecular formula is C11H9FN2O2. The summed E-state index contributed by atoms with van der Waals surface area (Å²) in [5.74, 6) is -0.848. The van der Waals surface area contributed by atoms with Crippen LogP contribution in [0, 0.1) is 5.82 Å². The maximum atomic E-state index is 12.9. The molecule has 0 bridgehead atoms. The van der Waals surface area contributed by atoms with Gasteiger partial charge in [-0.3, -0.25) is 4.79 Å². The maximum Gasteiger partial charge on any atom is 0.303 e. The standard InChI is InChI=1S/C11H9FN2O2/c12-8-2-1-7-6-13-10(3-4-11(15)16)14-9(7)5-8/h1-2,5-6H,3-4H2,(H,15,16). The van der Waals surface area contributed by atoms with E-state index < -0.39 is 5.97 Å². The zero-order chi connectivity index (χ0) is 11.5. The van der Waals surface area contributed by atoms with E-state index in [4.69, 9.17) is 5.11 Å². The lowest BCUT2D eigenvalue weighted by Gasteiger charge is -2.00. The highest BCUT2D eigenvalue weighted by Crippen LogP contribution is 2.12. The lowest BCUT2D eigenvalue weighted by Crippen LogP contribution is -2.01. The molecule has 1 aromatic carbocycles. The summed E-state index contributed by atoms with van der Waals surface area (Å²) < 4.78 is 12.9. The van der Waals surface area contributed by atoms with Crippen molar-refractivity contribution in [2.75, 3.05) is 0 Å². The van der Waals surface area contributed by atoms with Crippen LogP contribution in [0.4, 0.5) is 4.39 Å². The molecule has 1 N–H and O–H groups in total. The molecule has 0 amide bonds. The molecule has 0 saturated heterocycles. The van der Waals surface area contributed by atoms with E-state index in [1.807, 2.05) is 0 Å². The average molecular weight is 220 g/mol. The van der Waals surface area contributed by atoms with Gasteiger partial charge in [-0.25, -0.2) is 14.4 Å². The van der Waals surface area contributed by atoms with Crippen LogP contribution in [0.5, 0.6) is 0 Å². The van der Waals surface area contributed by atoms with Gasteiger partial charge in [-0.05, 0) is 12.1 Å². The van der Waals surface area contributed by atoms with E-state index >= 15 is 0 Å². The van der Waals surface area contributed by atoms with E-state index in [1.54, 1.807) is 12.3 Å². The number of carboxylic acid groups (broad SMARTS) is 1. The fraction of sp³-hybridized carbons (Fsp3) is 0.182. The number of benzene rings is 1. The summed E-state index contributed by atoms with van der Waals surface area (Å²) in [5, 5.41) is 9.25. The number of aliphatic carboxylic acids is 1. The molecule has 1 heterocycles. The third-order valence-electron chi connectivity index (χ3n) is 2.16. The van der Waals surface area contributed by atoms with Crippen molar-refractivity contribution in [3.8, 4) is 0 Å². The molecular weight excluding hydrogens is 211 g/mol. The Labute approximate surface area is 90.8 Å². The second-order valence-corrected chi connectivity index (χ2v) is 3.38. The quantitative estimate of drug-likeness (QED) is 0.856. The Morgan fingerprint density at radius 1 is 1.44 bits per heavy atom. The largest absolute Gasteiger partial charge is 0.481 e. The minimum Gasteiger partial charge on any atom is -0.481 e. The SMILES string of the molecule is O=C(O)CCc1ncc2ccc(F)cc2n1. The summed E-state index contributed by atoms with van der Waals surface area (Å²) in [6.07, 6.45) is 1.79. The zero-order valence-electron chi connectivity index (χ0n) is 8.35. The van der Waals surface area contributed by atoms with E-state index in [2.05, 4.69) is 9.97 Å². The zero-order valence-corrected chi connectivity index (χ0v) is 8.35. The van der Waals surface area contributed by atoms with Crippen molar-refractivity contribution in [1.82, 2.24) is 9.97 Å². The first kappa shape index (κ1) is 10.5. The van der Waals surface area contributed by atoms with Crippen molar-refractivity contribution in [2.24, 2.45) is 0 Å². The summed E-state index contributed by atoms with van der Waals surface area (Å²) in [6.45, 7) is 0. The number of carbonyl (C=O) groups is 1. The molecule has 0 aliphatic rings. The minimum absolute atomic E-state index is 0.0270. The molecule has 0 unspecified atom stereocenters. The third-order valence-corrected chi connectivity index (χ3v) is 2.16. The van der Waals surface area contributed by atoms with E-state index in [-0.39, 0.29) is 18.7 Å². The smallest absolute Gasteiger partial charge is 0.303 e. The van der Waals surface area contributed by atoms with Crippen molar-refractivity contribution in [1.29, 1.82) is 0 Å².